The van der Waals surface area contributed by atoms with Gasteiger partial charge in [-0.15, -0.1) is 0 Å². The van der Waals surface area contributed by atoms with Gasteiger partial charge in [0.15, 0.2) is 0 Å². The van der Waals surface area contributed by atoms with Gasteiger partial charge >= 0.3 is 12.2 Å². The number of anilines is 1. The van der Waals surface area contributed by atoms with E-state index in [0.717, 1.165) is 35.2 Å². The predicted octanol–water partition coefficient (Wildman–Crippen LogP) is 4.08. The molecule has 2 aliphatic heterocycles. The summed E-state index contributed by atoms with van der Waals surface area (Å²) in [6, 6.07) is 12.8. The lowest BCUT2D eigenvalue weighted by Gasteiger charge is -2.36. The number of rotatable bonds is 5. The highest BCUT2D eigenvalue weighted by Crippen LogP contribution is 2.32. The van der Waals surface area contributed by atoms with Crippen LogP contribution in [-0.4, -0.2) is 99.1 Å². The van der Waals surface area contributed by atoms with Crippen LogP contribution in [0.3, 0.4) is 0 Å². The number of benzene rings is 1. The third kappa shape index (κ3) is 6.79. The minimum absolute atomic E-state index is 0.235. The number of ether oxygens (including phenoxy) is 2. The molecule has 1 atom stereocenters. The van der Waals surface area contributed by atoms with Crippen LogP contribution >= 0.6 is 0 Å². The molecule has 2 aliphatic rings. The predicted molar refractivity (Wildman–Crippen MR) is 158 cm³/mol. The zero-order valence-electron chi connectivity index (χ0n) is 24.8. The van der Waals surface area contributed by atoms with E-state index in [1.165, 1.54) is 17.4 Å². The molecule has 42 heavy (non-hydrogen) atoms. The number of piperazine rings is 1. The minimum Gasteiger partial charge on any atom is -0.444 e. The molecule has 0 aliphatic carbocycles. The number of amides is 2. The van der Waals surface area contributed by atoms with Gasteiger partial charge in [0.2, 0.25) is 5.79 Å². The summed E-state index contributed by atoms with van der Waals surface area (Å²) in [5.74, 6) is -1.49. The molecule has 0 radical (unpaired) electrons. The molecule has 3 aromatic rings. The van der Waals surface area contributed by atoms with Crippen LogP contribution in [0.5, 0.6) is 0 Å². The topological polar surface area (TPSA) is 120 Å². The Morgan fingerprint density at radius 3 is 2.12 bits per heavy atom. The van der Waals surface area contributed by atoms with Gasteiger partial charge in [-0.2, -0.15) is 5.10 Å². The molecule has 2 fully saturated rings. The molecular formula is C31H41N5O6. The van der Waals surface area contributed by atoms with Crippen molar-refractivity contribution >= 4 is 23.4 Å². The standard InChI is InChI=1S/C31H41N5O6/c1-30(2,3)41-28(38)34-13-10-24(11-14-34)22-5-7-23(8-6-22)25-19-27-26(9-12-32-36(27)20-25)33-15-17-35(18-16-33)29(39)42-31(4,40)21-37/h5-9,12,19-20,24,37,40H,10-11,13-18,21H2,1-4H3. The van der Waals surface area contributed by atoms with Gasteiger partial charge in [0.1, 0.15) is 12.2 Å². The second-order valence-electron chi connectivity index (χ2n) is 12.3. The smallest absolute Gasteiger partial charge is 0.412 e. The largest absolute Gasteiger partial charge is 0.444 e. The number of piperidine rings is 1. The van der Waals surface area contributed by atoms with Gasteiger partial charge in [0, 0.05) is 64.1 Å². The quantitative estimate of drug-likeness (QED) is 0.434. The number of nitrogens with zero attached hydrogens (tertiary/aromatic N) is 5. The van der Waals surface area contributed by atoms with Gasteiger partial charge in [0.25, 0.3) is 0 Å². The van der Waals surface area contributed by atoms with Crippen molar-refractivity contribution in [2.24, 2.45) is 0 Å². The monoisotopic (exact) mass is 579 g/mol. The highest BCUT2D eigenvalue weighted by Gasteiger charge is 2.30. The van der Waals surface area contributed by atoms with E-state index in [2.05, 4.69) is 40.3 Å². The van der Waals surface area contributed by atoms with Crippen LogP contribution in [0.2, 0.25) is 0 Å². The van der Waals surface area contributed by atoms with Crippen molar-refractivity contribution in [3.05, 3.63) is 54.4 Å². The van der Waals surface area contributed by atoms with Gasteiger partial charge in [-0.05, 0) is 62.8 Å². The maximum atomic E-state index is 12.4. The average Bonchev–Trinajstić information content (AvgIpc) is 3.41. The molecule has 226 valence electrons. The number of aromatic nitrogens is 2. The number of aliphatic hydroxyl groups excluding tert-OH is 1. The molecule has 11 nitrogen and oxygen atoms in total. The maximum Gasteiger partial charge on any atom is 0.412 e. The van der Waals surface area contributed by atoms with E-state index in [9.17, 15) is 14.7 Å². The van der Waals surface area contributed by atoms with E-state index in [0.29, 0.717) is 45.2 Å². The van der Waals surface area contributed by atoms with E-state index in [1.54, 1.807) is 11.1 Å². The molecule has 11 heteroatoms. The van der Waals surface area contributed by atoms with Crippen molar-refractivity contribution < 1.29 is 29.3 Å². The first-order valence-electron chi connectivity index (χ1n) is 14.5. The number of hydrogen-bond acceptors (Lipinski definition) is 8. The molecule has 1 aromatic carbocycles. The van der Waals surface area contributed by atoms with Gasteiger partial charge < -0.3 is 34.4 Å². The Balaban J connectivity index is 1.22. The van der Waals surface area contributed by atoms with Crippen molar-refractivity contribution in [2.45, 2.75) is 57.8 Å². The number of likely N-dealkylation sites (tertiary alicyclic amines) is 1. The molecule has 2 aromatic heterocycles. The van der Waals surface area contributed by atoms with E-state index in [-0.39, 0.29) is 6.09 Å². The van der Waals surface area contributed by atoms with Crippen LogP contribution in [0.15, 0.2) is 48.8 Å². The third-order valence-corrected chi connectivity index (χ3v) is 7.83. The first-order chi connectivity index (χ1) is 19.9. The fraction of sp³-hybridized carbons (Fsp3) is 0.516. The van der Waals surface area contributed by atoms with Crippen LogP contribution in [-0.2, 0) is 9.47 Å². The molecule has 4 heterocycles. The van der Waals surface area contributed by atoms with E-state index < -0.39 is 24.1 Å². The minimum atomic E-state index is -1.90. The Morgan fingerprint density at radius 2 is 1.50 bits per heavy atom. The number of aliphatic hydroxyl groups is 2. The molecular weight excluding hydrogens is 538 g/mol. The molecule has 0 spiro atoms. The van der Waals surface area contributed by atoms with Crippen molar-refractivity contribution in [3.8, 4) is 11.1 Å². The van der Waals surface area contributed by atoms with Crippen molar-refractivity contribution in [1.82, 2.24) is 19.4 Å². The Morgan fingerprint density at radius 1 is 0.881 bits per heavy atom. The second kappa shape index (κ2) is 11.8. The Hall–Kier alpha value is -3.83. The van der Waals surface area contributed by atoms with E-state index >= 15 is 0 Å². The Labute approximate surface area is 246 Å². The van der Waals surface area contributed by atoms with Crippen molar-refractivity contribution in [3.63, 3.8) is 0 Å². The van der Waals surface area contributed by atoms with Crippen LogP contribution in [0.25, 0.3) is 16.6 Å². The molecule has 2 amide bonds. The van der Waals surface area contributed by atoms with Gasteiger partial charge in [-0.1, -0.05) is 24.3 Å². The van der Waals surface area contributed by atoms with Gasteiger partial charge in [-0.25, -0.2) is 14.1 Å². The summed E-state index contributed by atoms with van der Waals surface area (Å²) in [6.07, 6.45) is 4.74. The van der Waals surface area contributed by atoms with Crippen molar-refractivity contribution in [2.75, 3.05) is 50.8 Å². The SMILES string of the molecule is CC(C)(C)OC(=O)N1CCC(c2ccc(-c3cc4c(N5CCN(C(=O)OC(C)(O)CO)CC5)ccnn4c3)cc2)CC1. The van der Waals surface area contributed by atoms with E-state index in [1.807, 2.05) is 37.5 Å². The average molecular weight is 580 g/mol. The molecule has 5 rings (SSSR count). The van der Waals surface area contributed by atoms with Crippen LogP contribution < -0.4 is 4.90 Å². The summed E-state index contributed by atoms with van der Waals surface area (Å²) in [4.78, 5) is 30.3. The van der Waals surface area contributed by atoms with Gasteiger partial charge in [-0.3, -0.25) is 0 Å². The number of hydrogen-bond donors (Lipinski definition) is 2. The summed E-state index contributed by atoms with van der Waals surface area (Å²) in [6.45, 7) is 9.70. The van der Waals surface area contributed by atoms with Gasteiger partial charge in [0.05, 0.1) is 11.2 Å². The number of fused-ring (bicyclic) bond motifs is 1. The normalized spacial score (nSPS) is 18.2. The molecule has 1 unspecified atom stereocenters. The molecule has 0 bridgehead atoms. The fourth-order valence-corrected chi connectivity index (χ4v) is 5.51. The second-order valence-corrected chi connectivity index (χ2v) is 12.3. The molecule has 2 N–H and O–H groups in total. The third-order valence-electron chi connectivity index (χ3n) is 7.83. The number of carbonyl (C=O) groups excluding carboxylic acids is 2. The molecule has 0 saturated carbocycles. The zero-order valence-corrected chi connectivity index (χ0v) is 24.8. The summed E-state index contributed by atoms with van der Waals surface area (Å²) in [5, 5.41) is 23.5. The van der Waals surface area contributed by atoms with Crippen LogP contribution in [0.4, 0.5) is 15.3 Å². The summed E-state index contributed by atoms with van der Waals surface area (Å²) in [5.41, 5.74) is 4.96. The fourth-order valence-electron chi connectivity index (χ4n) is 5.51. The zero-order chi connectivity index (χ0) is 30.1. The highest BCUT2D eigenvalue weighted by atomic mass is 16.7. The maximum absolute atomic E-state index is 12.4. The lowest BCUT2D eigenvalue weighted by atomic mass is 9.89. The summed E-state index contributed by atoms with van der Waals surface area (Å²) in [7, 11) is 0. The summed E-state index contributed by atoms with van der Waals surface area (Å²) >= 11 is 0. The Kier molecular flexibility index (Phi) is 8.34. The Bertz CT molecular complexity index is 1400. The van der Waals surface area contributed by atoms with Crippen molar-refractivity contribution in [1.29, 1.82) is 0 Å². The lowest BCUT2D eigenvalue weighted by Crippen LogP contribution is -2.51. The molecule has 2 saturated heterocycles. The first-order valence-corrected chi connectivity index (χ1v) is 14.5. The lowest BCUT2D eigenvalue weighted by molar-refractivity contribution is -0.178. The van der Waals surface area contributed by atoms with E-state index in [4.69, 9.17) is 14.6 Å². The van der Waals surface area contributed by atoms with Crippen LogP contribution in [0, 0.1) is 0 Å². The summed E-state index contributed by atoms with van der Waals surface area (Å²) < 4.78 is 12.4. The number of carbonyl (C=O) groups is 2. The highest BCUT2D eigenvalue weighted by molar-refractivity contribution is 5.80. The van der Waals surface area contributed by atoms with Crippen LogP contribution in [0.1, 0.15) is 52.0 Å². The first kappa shape index (κ1) is 29.7.